The molecule has 3 aromatic rings. The highest BCUT2D eigenvalue weighted by atomic mass is 32.2. The zero-order chi connectivity index (χ0) is 25.6. The summed E-state index contributed by atoms with van der Waals surface area (Å²) >= 11 is 1.15. The van der Waals surface area contributed by atoms with Crippen LogP contribution in [-0.4, -0.2) is 25.9 Å². The number of anilines is 1. The number of nitrogens with zero attached hydrogens (tertiary/aromatic N) is 1. The number of ether oxygens (including phenoxy) is 1. The van der Waals surface area contributed by atoms with Crippen LogP contribution in [0, 0.1) is 0 Å². The lowest BCUT2D eigenvalue weighted by molar-refractivity contribution is -0.139. The SMILES string of the molecule is CCCCCOc1ccc(Cc2nc(C(=O)Nc3ccc(S(N)(=O)=O)cc3)cs2)cc1C(F)(F)F. The highest BCUT2D eigenvalue weighted by Crippen LogP contribution is 2.37. The maximum absolute atomic E-state index is 13.6. The van der Waals surface area contributed by atoms with Gasteiger partial charge in [0.05, 0.1) is 22.1 Å². The molecule has 7 nitrogen and oxygen atoms in total. The predicted octanol–water partition coefficient (Wildman–Crippen LogP) is 5.22. The fourth-order valence-electron chi connectivity index (χ4n) is 3.16. The number of thiazole rings is 1. The Morgan fingerprint density at radius 1 is 1.14 bits per heavy atom. The molecule has 2 aromatic carbocycles. The Bertz CT molecular complexity index is 1270. The van der Waals surface area contributed by atoms with Gasteiger partial charge in [-0.2, -0.15) is 13.2 Å². The monoisotopic (exact) mass is 527 g/mol. The Balaban J connectivity index is 1.69. The van der Waals surface area contributed by atoms with Crippen LogP contribution >= 0.6 is 11.3 Å². The highest BCUT2D eigenvalue weighted by molar-refractivity contribution is 7.89. The van der Waals surface area contributed by atoms with Crippen molar-refractivity contribution in [1.82, 2.24) is 4.98 Å². The van der Waals surface area contributed by atoms with Crippen molar-refractivity contribution in [3.63, 3.8) is 0 Å². The van der Waals surface area contributed by atoms with Crippen molar-refractivity contribution in [2.75, 3.05) is 11.9 Å². The molecule has 0 aliphatic carbocycles. The first-order valence-corrected chi connectivity index (χ1v) is 13.1. The van der Waals surface area contributed by atoms with Crippen LogP contribution in [0.15, 0.2) is 52.7 Å². The molecule has 3 N–H and O–H groups in total. The number of alkyl halides is 3. The molecule has 0 radical (unpaired) electrons. The van der Waals surface area contributed by atoms with Crippen molar-refractivity contribution in [3.05, 3.63) is 69.7 Å². The summed E-state index contributed by atoms with van der Waals surface area (Å²) in [4.78, 5) is 16.6. The number of hydrogen-bond donors (Lipinski definition) is 2. The minimum atomic E-state index is -4.57. The van der Waals surface area contributed by atoms with E-state index in [0.29, 0.717) is 22.7 Å². The third-order valence-electron chi connectivity index (χ3n) is 4.94. The topological polar surface area (TPSA) is 111 Å². The molecule has 0 bridgehead atoms. The maximum Gasteiger partial charge on any atom is 0.419 e. The molecule has 12 heteroatoms. The van der Waals surface area contributed by atoms with E-state index in [1.54, 1.807) is 6.07 Å². The summed E-state index contributed by atoms with van der Waals surface area (Å²) < 4.78 is 68.7. The van der Waals surface area contributed by atoms with Crippen LogP contribution in [0.2, 0.25) is 0 Å². The van der Waals surface area contributed by atoms with Gasteiger partial charge in [0.2, 0.25) is 10.0 Å². The van der Waals surface area contributed by atoms with E-state index in [1.807, 2.05) is 6.92 Å². The number of aromatic nitrogens is 1. The van der Waals surface area contributed by atoms with Gasteiger partial charge in [-0.1, -0.05) is 25.8 Å². The van der Waals surface area contributed by atoms with Gasteiger partial charge in [0, 0.05) is 17.5 Å². The van der Waals surface area contributed by atoms with E-state index in [0.717, 1.165) is 30.2 Å². The van der Waals surface area contributed by atoms with Crippen molar-refractivity contribution in [1.29, 1.82) is 0 Å². The quantitative estimate of drug-likeness (QED) is 0.351. The van der Waals surface area contributed by atoms with E-state index >= 15 is 0 Å². The average Bonchev–Trinajstić information content (AvgIpc) is 3.25. The van der Waals surface area contributed by atoms with Crippen molar-refractivity contribution in [3.8, 4) is 5.75 Å². The molecule has 0 fully saturated rings. The number of nitrogens with two attached hydrogens (primary N) is 1. The van der Waals surface area contributed by atoms with Crippen LogP contribution in [0.3, 0.4) is 0 Å². The summed E-state index contributed by atoms with van der Waals surface area (Å²) in [6.07, 6.45) is -1.97. The van der Waals surface area contributed by atoms with E-state index in [9.17, 15) is 26.4 Å². The molecule has 0 atom stereocenters. The molecule has 3 rings (SSSR count). The molecule has 35 heavy (non-hydrogen) atoms. The first-order valence-electron chi connectivity index (χ1n) is 10.7. The minimum absolute atomic E-state index is 0.0902. The van der Waals surface area contributed by atoms with Crippen LogP contribution in [0.1, 0.15) is 52.8 Å². The Kier molecular flexibility index (Phi) is 8.51. The van der Waals surface area contributed by atoms with Crippen LogP contribution in [0.5, 0.6) is 5.75 Å². The molecule has 0 saturated heterocycles. The molecule has 188 valence electrons. The summed E-state index contributed by atoms with van der Waals surface area (Å²) in [6, 6.07) is 9.20. The van der Waals surface area contributed by atoms with Crippen molar-refractivity contribution < 1.29 is 31.1 Å². The van der Waals surface area contributed by atoms with Crippen LogP contribution < -0.4 is 15.2 Å². The molecule has 1 heterocycles. The van der Waals surface area contributed by atoms with E-state index in [2.05, 4.69) is 10.3 Å². The van der Waals surface area contributed by atoms with Gasteiger partial charge < -0.3 is 10.1 Å². The van der Waals surface area contributed by atoms with Crippen LogP contribution in [0.25, 0.3) is 0 Å². The molecular formula is C23H24F3N3O4S2. The van der Waals surface area contributed by atoms with Crippen molar-refractivity contribution in [2.24, 2.45) is 5.14 Å². The highest BCUT2D eigenvalue weighted by Gasteiger charge is 2.34. The Labute approximate surface area is 205 Å². The zero-order valence-electron chi connectivity index (χ0n) is 18.8. The molecule has 0 aliphatic rings. The Hall–Kier alpha value is -2.96. The van der Waals surface area contributed by atoms with Crippen molar-refractivity contribution in [2.45, 2.75) is 43.7 Å². The number of carbonyl (C=O) groups is 1. The lowest BCUT2D eigenvalue weighted by Gasteiger charge is -2.15. The molecule has 0 unspecified atom stereocenters. The van der Waals surface area contributed by atoms with Gasteiger partial charge in [0.1, 0.15) is 11.4 Å². The summed E-state index contributed by atoms with van der Waals surface area (Å²) in [6.45, 7) is 2.21. The number of benzene rings is 2. The van der Waals surface area contributed by atoms with Gasteiger partial charge in [-0.3, -0.25) is 4.79 Å². The second-order valence-corrected chi connectivity index (χ2v) is 10.2. The second-order valence-electron chi connectivity index (χ2n) is 7.71. The number of hydrogen-bond acceptors (Lipinski definition) is 6. The summed E-state index contributed by atoms with van der Waals surface area (Å²) in [5, 5.41) is 9.59. The first-order chi connectivity index (χ1) is 16.5. The van der Waals surface area contributed by atoms with Gasteiger partial charge in [0.25, 0.3) is 5.91 Å². The fraction of sp³-hybridized carbons (Fsp3) is 0.304. The zero-order valence-corrected chi connectivity index (χ0v) is 20.4. The first kappa shape index (κ1) is 26.6. The number of rotatable bonds is 10. The van der Waals surface area contributed by atoms with Crippen molar-refractivity contribution >= 4 is 33.0 Å². The number of halogens is 3. The third-order valence-corrected chi connectivity index (χ3v) is 6.71. The smallest absolute Gasteiger partial charge is 0.419 e. The predicted molar refractivity (Wildman–Crippen MR) is 127 cm³/mol. The molecule has 1 amide bonds. The Morgan fingerprint density at radius 3 is 2.49 bits per heavy atom. The lowest BCUT2D eigenvalue weighted by Crippen LogP contribution is -2.14. The maximum atomic E-state index is 13.6. The van der Waals surface area contributed by atoms with Crippen LogP contribution in [-0.2, 0) is 22.6 Å². The number of carbonyl (C=O) groups excluding carboxylic acids is 1. The van der Waals surface area contributed by atoms with E-state index in [4.69, 9.17) is 9.88 Å². The molecule has 1 aromatic heterocycles. The lowest BCUT2D eigenvalue weighted by atomic mass is 10.1. The third kappa shape index (κ3) is 7.51. The summed E-state index contributed by atoms with van der Waals surface area (Å²) in [5.74, 6) is -0.743. The van der Waals surface area contributed by atoms with E-state index in [1.165, 1.54) is 35.7 Å². The molecular weight excluding hydrogens is 503 g/mol. The average molecular weight is 528 g/mol. The van der Waals surface area contributed by atoms with Gasteiger partial charge >= 0.3 is 6.18 Å². The number of primary sulfonamides is 1. The van der Waals surface area contributed by atoms with Crippen LogP contribution in [0.4, 0.5) is 18.9 Å². The van der Waals surface area contributed by atoms with Gasteiger partial charge in [-0.25, -0.2) is 18.5 Å². The minimum Gasteiger partial charge on any atom is -0.493 e. The number of sulfonamides is 1. The van der Waals surface area contributed by atoms with E-state index in [-0.39, 0.29) is 29.4 Å². The van der Waals surface area contributed by atoms with Gasteiger partial charge in [0.15, 0.2) is 0 Å². The van der Waals surface area contributed by atoms with Gasteiger partial charge in [-0.15, -0.1) is 11.3 Å². The Morgan fingerprint density at radius 2 is 1.86 bits per heavy atom. The van der Waals surface area contributed by atoms with Gasteiger partial charge in [-0.05, 0) is 48.4 Å². The van der Waals surface area contributed by atoms with E-state index < -0.39 is 27.7 Å². The molecule has 0 aliphatic heterocycles. The number of amides is 1. The fourth-order valence-corrected chi connectivity index (χ4v) is 4.49. The number of unbranched alkanes of at least 4 members (excludes halogenated alkanes) is 2. The normalized spacial score (nSPS) is 11.9. The summed E-state index contributed by atoms with van der Waals surface area (Å²) in [5.41, 5.74) is -0.0316. The molecule has 0 saturated carbocycles. The molecule has 0 spiro atoms. The summed E-state index contributed by atoms with van der Waals surface area (Å²) in [7, 11) is -3.85. The second kappa shape index (κ2) is 11.2. The largest absolute Gasteiger partial charge is 0.493 e. The number of nitrogens with one attached hydrogen (secondary N) is 1. The standard InChI is InChI=1S/C23H24F3N3O4S2/c1-2-3-4-11-33-20-10-5-15(12-18(20)23(24,25)26)13-21-29-19(14-34-21)22(30)28-16-6-8-17(9-7-16)35(27,31)32/h5-10,12,14H,2-4,11,13H2,1H3,(H,28,30)(H2,27,31,32).